The summed E-state index contributed by atoms with van der Waals surface area (Å²) in [7, 11) is 0. The first kappa shape index (κ1) is 31.4. The first-order chi connectivity index (χ1) is 19.9. The molecule has 226 valence electrons. The second-order valence-corrected chi connectivity index (χ2v) is 8.43. The highest BCUT2D eigenvalue weighted by Crippen LogP contribution is 2.43. The lowest BCUT2D eigenvalue weighted by Gasteiger charge is -2.24. The number of rotatable bonds is 5. The normalized spacial score (nSPS) is 11.6. The second-order valence-electron chi connectivity index (χ2n) is 8.43. The molecular weight excluding hydrogens is 632 g/mol. The van der Waals surface area contributed by atoms with Crippen molar-refractivity contribution >= 4 is 5.78 Å². The molecule has 0 radical (unpaired) electrons. The largest absolute Gasteiger partial charge is 0.288 e. The molecule has 0 fully saturated rings. The molecule has 0 heterocycles. The lowest BCUT2D eigenvalue weighted by molar-refractivity contribution is 0.102. The summed E-state index contributed by atoms with van der Waals surface area (Å²) >= 11 is 0. The van der Waals surface area contributed by atoms with Crippen LogP contribution in [0.1, 0.15) is 38.5 Å². The Morgan fingerprint density at radius 3 is 1.19 bits per heavy atom. The van der Waals surface area contributed by atoms with Gasteiger partial charge < -0.3 is 0 Å². The van der Waals surface area contributed by atoms with Crippen molar-refractivity contribution < 1.29 is 75.0 Å². The van der Waals surface area contributed by atoms with Crippen LogP contribution in [-0.4, -0.2) is 5.78 Å². The van der Waals surface area contributed by atoms with Crippen molar-refractivity contribution in [1.82, 2.24) is 0 Å². The fourth-order valence-electron chi connectivity index (χ4n) is 4.10. The summed E-state index contributed by atoms with van der Waals surface area (Å²) in [5.41, 5.74) is -11.1. The highest BCUT2D eigenvalue weighted by atomic mass is 19.2. The third-order valence-corrected chi connectivity index (χ3v) is 6.05. The van der Waals surface area contributed by atoms with E-state index >= 15 is 8.78 Å². The summed E-state index contributed by atoms with van der Waals surface area (Å²) in [6.07, 6.45) is 0. The third-order valence-electron chi connectivity index (χ3n) is 6.05. The van der Waals surface area contributed by atoms with Crippen LogP contribution < -0.4 is 0 Å². The van der Waals surface area contributed by atoms with Gasteiger partial charge in [-0.25, -0.2) is 70.2 Å². The topological polar surface area (TPSA) is 17.1 Å². The first-order valence-corrected chi connectivity index (χ1v) is 10.8. The Balaban J connectivity index is 2.27. The van der Waals surface area contributed by atoms with Crippen LogP contribution in [-0.2, 0) is 0 Å². The van der Waals surface area contributed by atoms with E-state index in [9.17, 15) is 66.3 Å². The zero-order valence-electron chi connectivity index (χ0n) is 19.8. The SMILES string of the molecule is O=C(c1cc(F)c(F)c(F)c1F)c1c(F)c(F)c(F)c(F)c1C(c1cc(F)c(F)c(F)c1F)c1cc(F)c(F)c(F)c1F. The van der Waals surface area contributed by atoms with Crippen LogP contribution in [0.25, 0.3) is 0 Å². The number of hydrogen-bond acceptors (Lipinski definition) is 1. The van der Waals surface area contributed by atoms with Crippen molar-refractivity contribution in [3.63, 3.8) is 0 Å². The van der Waals surface area contributed by atoms with Crippen molar-refractivity contribution in [1.29, 1.82) is 0 Å². The summed E-state index contributed by atoms with van der Waals surface area (Å²) in [5, 5.41) is 0. The van der Waals surface area contributed by atoms with Gasteiger partial charge in [-0.2, -0.15) is 0 Å². The molecule has 0 aliphatic rings. The Kier molecular flexibility index (Phi) is 7.97. The van der Waals surface area contributed by atoms with Crippen molar-refractivity contribution in [2.75, 3.05) is 0 Å². The van der Waals surface area contributed by atoms with E-state index in [0.29, 0.717) is 0 Å². The van der Waals surface area contributed by atoms with E-state index in [2.05, 4.69) is 0 Å². The Bertz CT molecular complexity index is 1800. The fourth-order valence-corrected chi connectivity index (χ4v) is 4.10. The molecule has 0 amide bonds. The van der Waals surface area contributed by atoms with Gasteiger partial charge in [-0.05, 0) is 18.2 Å². The van der Waals surface area contributed by atoms with Crippen LogP contribution in [0.3, 0.4) is 0 Å². The number of ketones is 1. The average Bonchev–Trinajstić information content (AvgIpc) is 2.97. The minimum absolute atomic E-state index is 0.512. The standard InChI is InChI=1S/C26H4F16O/c27-7-1-4(13(30)21(38)16(7)33)10(5-2-8(28)17(34)22(39)14(5)31)11-12(20(37)25(42)24(41)19(11)36)26(43)6-3-9(29)18(35)23(40)15(6)32/h1-3,10H. The molecule has 0 saturated carbocycles. The number of benzene rings is 4. The van der Waals surface area contributed by atoms with Gasteiger partial charge in [0.1, 0.15) is 0 Å². The molecule has 0 aliphatic heterocycles. The Morgan fingerprint density at radius 2 is 0.744 bits per heavy atom. The van der Waals surface area contributed by atoms with Crippen LogP contribution in [0, 0.1) is 93.1 Å². The molecule has 4 aromatic rings. The molecule has 0 aromatic heterocycles. The molecule has 17 heteroatoms. The van der Waals surface area contributed by atoms with Crippen molar-refractivity contribution in [3.8, 4) is 0 Å². The molecule has 43 heavy (non-hydrogen) atoms. The highest BCUT2D eigenvalue weighted by molar-refractivity contribution is 6.10. The molecule has 4 rings (SSSR count). The van der Waals surface area contributed by atoms with E-state index in [-0.39, 0.29) is 0 Å². The van der Waals surface area contributed by atoms with Gasteiger partial charge >= 0.3 is 0 Å². The molecule has 0 spiro atoms. The minimum atomic E-state index is -3.52. The Labute approximate surface area is 226 Å². The van der Waals surface area contributed by atoms with Gasteiger partial charge in [0.2, 0.25) is 0 Å². The van der Waals surface area contributed by atoms with Crippen molar-refractivity contribution in [2.45, 2.75) is 5.92 Å². The zero-order chi connectivity index (χ0) is 32.4. The third kappa shape index (κ3) is 4.75. The van der Waals surface area contributed by atoms with Crippen molar-refractivity contribution in [3.05, 3.63) is 139 Å². The minimum Gasteiger partial charge on any atom is -0.288 e. The lowest BCUT2D eigenvalue weighted by atomic mass is 9.79. The summed E-state index contributed by atoms with van der Waals surface area (Å²) in [5.74, 6) is -49.8. The van der Waals surface area contributed by atoms with Crippen LogP contribution in [0.5, 0.6) is 0 Å². The zero-order valence-corrected chi connectivity index (χ0v) is 19.8. The molecule has 0 unspecified atom stereocenters. The predicted molar refractivity (Wildman–Crippen MR) is 109 cm³/mol. The van der Waals surface area contributed by atoms with Crippen LogP contribution >= 0.6 is 0 Å². The number of carbonyl (C=O) groups is 1. The Morgan fingerprint density at radius 1 is 0.395 bits per heavy atom. The summed E-state index contributed by atoms with van der Waals surface area (Å²) in [6.45, 7) is 0. The number of hydrogen-bond donors (Lipinski definition) is 0. The summed E-state index contributed by atoms with van der Waals surface area (Å²) in [6, 6.07) is -1.55. The van der Waals surface area contributed by atoms with Gasteiger partial charge in [0.25, 0.3) is 0 Å². The summed E-state index contributed by atoms with van der Waals surface area (Å²) < 4.78 is 228. The number of carbonyl (C=O) groups excluding carboxylic acids is 1. The fraction of sp³-hybridized carbons (Fsp3) is 0.0385. The predicted octanol–water partition coefficient (Wildman–Crippen LogP) is 8.32. The molecule has 1 nitrogen and oxygen atoms in total. The quantitative estimate of drug-likeness (QED) is 0.0709. The van der Waals surface area contributed by atoms with Gasteiger partial charge in [0, 0.05) is 22.6 Å². The average molecular weight is 636 g/mol. The molecule has 4 aromatic carbocycles. The van der Waals surface area contributed by atoms with E-state index < -0.39 is 151 Å². The molecule has 0 saturated heterocycles. The van der Waals surface area contributed by atoms with Crippen molar-refractivity contribution in [2.24, 2.45) is 0 Å². The highest BCUT2D eigenvalue weighted by Gasteiger charge is 2.40. The maximum atomic E-state index is 15.3. The van der Waals surface area contributed by atoms with Gasteiger partial charge in [-0.3, -0.25) is 4.79 Å². The maximum absolute atomic E-state index is 15.3. The molecule has 0 N–H and O–H groups in total. The van der Waals surface area contributed by atoms with Crippen LogP contribution in [0.2, 0.25) is 0 Å². The lowest BCUT2D eigenvalue weighted by Crippen LogP contribution is -2.22. The molecule has 0 atom stereocenters. The molecule has 0 bridgehead atoms. The molecular formula is C26H4F16O. The number of halogens is 16. The van der Waals surface area contributed by atoms with E-state index in [1.807, 2.05) is 0 Å². The van der Waals surface area contributed by atoms with E-state index in [1.165, 1.54) is 0 Å². The van der Waals surface area contributed by atoms with Gasteiger partial charge in [-0.1, -0.05) is 0 Å². The summed E-state index contributed by atoms with van der Waals surface area (Å²) in [4.78, 5) is 13.1. The first-order valence-electron chi connectivity index (χ1n) is 10.8. The Hall–Kier alpha value is -4.57. The van der Waals surface area contributed by atoms with E-state index in [1.54, 1.807) is 0 Å². The van der Waals surface area contributed by atoms with E-state index in [0.717, 1.165) is 0 Å². The second kappa shape index (κ2) is 10.9. The smallest absolute Gasteiger partial charge is 0.199 e. The van der Waals surface area contributed by atoms with Gasteiger partial charge in [0.15, 0.2) is 98.9 Å². The van der Waals surface area contributed by atoms with Gasteiger partial charge in [0.05, 0.1) is 11.1 Å². The van der Waals surface area contributed by atoms with Crippen LogP contribution in [0.4, 0.5) is 70.2 Å². The monoisotopic (exact) mass is 636 g/mol. The van der Waals surface area contributed by atoms with Gasteiger partial charge in [-0.15, -0.1) is 0 Å². The molecule has 0 aliphatic carbocycles. The maximum Gasteiger partial charge on any atom is 0.199 e. The van der Waals surface area contributed by atoms with E-state index in [4.69, 9.17) is 0 Å². The van der Waals surface area contributed by atoms with Crippen LogP contribution in [0.15, 0.2) is 18.2 Å².